The number of carbonyl (C=O) groups is 1. The molecule has 2 aromatic carbocycles. The Kier molecular flexibility index (Phi) is 7.31. The van der Waals surface area contributed by atoms with E-state index in [0.717, 1.165) is 6.26 Å². The summed E-state index contributed by atoms with van der Waals surface area (Å²) in [6.07, 6.45) is -3.67. The molecule has 0 radical (unpaired) electrons. The Morgan fingerprint density at radius 1 is 1.07 bits per heavy atom. The first-order chi connectivity index (χ1) is 13.8. The van der Waals surface area contributed by atoms with Gasteiger partial charge in [0.05, 0.1) is 4.90 Å². The normalized spacial score (nSPS) is 14.5. The second-order valence-corrected chi connectivity index (χ2v) is 9.56. The van der Waals surface area contributed by atoms with Crippen molar-refractivity contribution in [2.75, 3.05) is 6.26 Å². The van der Waals surface area contributed by atoms with Crippen molar-refractivity contribution in [1.29, 1.82) is 0 Å². The van der Waals surface area contributed by atoms with Crippen LogP contribution in [0.25, 0.3) is 11.1 Å². The number of hydrogen-bond acceptors (Lipinski definition) is 4. The quantitative estimate of drug-likeness (QED) is 0.630. The van der Waals surface area contributed by atoms with Gasteiger partial charge in [-0.05, 0) is 41.2 Å². The first-order valence-electron chi connectivity index (χ1n) is 9.25. The first-order valence-corrected chi connectivity index (χ1v) is 11.1. The second kappa shape index (κ2) is 9.18. The van der Waals surface area contributed by atoms with Gasteiger partial charge in [0, 0.05) is 6.26 Å². The zero-order valence-corrected chi connectivity index (χ0v) is 17.6. The zero-order valence-electron chi connectivity index (χ0n) is 16.8. The monoisotopic (exact) mass is 443 g/mol. The van der Waals surface area contributed by atoms with Crippen molar-refractivity contribution < 1.29 is 31.5 Å². The zero-order chi connectivity index (χ0) is 22.7. The average Bonchev–Trinajstić information content (AvgIpc) is 2.63. The lowest BCUT2D eigenvalue weighted by molar-refractivity contribution is -0.163. The number of alkyl halides is 3. The van der Waals surface area contributed by atoms with Crippen LogP contribution in [0.2, 0.25) is 0 Å². The van der Waals surface area contributed by atoms with Crippen LogP contribution in [0.4, 0.5) is 13.2 Å². The van der Waals surface area contributed by atoms with E-state index in [1.165, 1.54) is 42.5 Å². The lowest BCUT2D eigenvalue weighted by Gasteiger charge is -2.28. The van der Waals surface area contributed by atoms with Gasteiger partial charge in [-0.1, -0.05) is 50.2 Å². The largest absolute Gasteiger partial charge is 0.480 e. The molecule has 0 aliphatic heterocycles. The molecule has 0 saturated heterocycles. The summed E-state index contributed by atoms with van der Waals surface area (Å²) < 4.78 is 65.1. The van der Waals surface area contributed by atoms with E-state index in [9.17, 15) is 31.5 Å². The fourth-order valence-corrected chi connectivity index (χ4v) is 3.80. The highest BCUT2D eigenvalue weighted by molar-refractivity contribution is 7.90. The minimum absolute atomic E-state index is 0.0349. The lowest BCUT2D eigenvalue weighted by atomic mass is 9.93. The van der Waals surface area contributed by atoms with E-state index in [1.54, 1.807) is 19.9 Å². The van der Waals surface area contributed by atoms with Gasteiger partial charge in [-0.2, -0.15) is 13.2 Å². The molecule has 0 bridgehead atoms. The van der Waals surface area contributed by atoms with Gasteiger partial charge in [0.15, 0.2) is 9.84 Å². The summed E-state index contributed by atoms with van der Waals surface area (Å²) in [5.41, 5.74) is 0.498. The fraction of sp³-hybridized carbons (Fsp3) is 0.381. The summed E-state index contributed by atoms with van der Waals surface area (Å²) in [7, 11) is -3.45. The molecule has 0 amide bonds. The van der Waals surface area contributed by atoms with Gasteiger partial charge in [0.25, 0.3) is 0 Å². The van der Waals surface area contributed by atoms with Gasteiger partial charge in [-0.3, -0.25) is 10.1 Å². The molecule has 0 fully saturated rings. The van der Waals surface area contributed by atoms with E-state index in [2.05, 4.69) is 5.32 Å². The molecule has 0 spiro atoms. The molecule has 2 N–H and O–H groups in total. The molecular formula is C21H24F3NO4S. The van der Waals surface area contributed by atoms with E-state index in [-0.39, 0.29) is 28.4 Å². The molecule has 2 rings (SSSR count). The molecular weight excluding hydrogens is 419 g/mol. The Bertz CT molecular complexity index is 986. The minimum Gasteiger partial charge on any atom is -0.480 e. The Morgan fingerprint density at radius 3 is 2.10 bits per heavy atom. The molecule has 2 atom stereocenters. The standard InChI is InChI=1S/C21H24F3NO4S/c1-13(2)12-18(20(26)27)25-19(21(22,23)24)17-7-5-4-6-16(17)14-8-10-15(11-9-14)30(3,28)29/h4-11,13,18-19,25H,12H2,1-3H3,(H,26,27)/t18-,19-/m0/s1. The lowest BCUT2D eigenvalue weighted by Crippen LogP contribution is -2.45. The summed E-state index contributed by atoms with van der Waals surface area (Å²) in [5, 5.41) is 11.7. The molecule has 0 aliphatic rings. The molecule has 30 heavy (non-hydrogen) atoms. The fourth-order valence-electron chi connectivity index (χ4n) is 3.17. The number of nitrogens with one attached hydrogen (secondary N) is 1. The number of aliphatic carboxylic acids is 1. The molecule has 0 aliphatic carbocycles. The molecule has 5 nitrogen and oxygen atoms in total. The van der Waals surface area contributed by atoms with E-state index in [4.69, 9.17) is 0 Å². The van der Waals surface area contributed by atoms with Gasteiger partial charge in [-0.15, -0.1) is 0 Å². The maximum absolute atomic E-state index is 13.9. The molecule has 0 unspecified atom stereocenters. The van der Waals surface area contributed by atoms with Crippen molar-refractivity contribution in [3.05, 3.63) is 54.1 Å². The van der Waals surface area contributed by atoms with Crippen LogP contribution < -0.4 is 5.32 Å². The SMILES string of the molecule is CC(C)C[C@H](N[C@@H](c1ccccc1-c1ccc(S(C)(=O)=O)cc1)C(F)(F)F)C(=O)O. The Hall–Kier alpha value is -2.39. The van der Waals surface area contributed by atoms with Crippen molar-refractivity contribution in [3.8, 4) is 11.1 Å². The highest BCUT2D eigenvalue weighted by Gasteiger charge is 2.44. The van der Waals surface area contributed by atoms with Crippen LogP contribution in [0.3, 0.4) is 0 Å². The van der Waals surface area contributed by atoms with Crippen LogP contribution in [-0.4, -0.2) is 38.0 Å². The number of hydrogen-bond donors (Lipinski definition) is 2. The summed E-state index contributed by atoms with van der Waals surface area (Å²) in [4.78, 5) is 11.6. The smallest absolute Gasteiger partial charge is 0.407 e. The molecule has 0 heterocycles. The summed E-state index contributed by atoms with van der Waals surface area (Å²) in [5.74, 6) is -1.47. The van der Waals surface area contributed by atoms with Crippen LogP contribution >= 0.6 is 0 Å². The Labute approximate surface area is 173 Å². The number of carboxylic acids is 1. The van der Waals surface area contributed by atoms with Crippen LogP contribution in [0.15, 0.2) is 53.4 Å². The minimum atomic E-state index is -4.74. The van der Waals surface area contributed by atoms with Gasteiger partial charge in [0.2, 0.25) is 0 Å². The number of rotatable bonds is 8. The highest BCUT2D eigenvalue weighted by atomic mass is 32.2. The Morgan fingerprint density at radius 2 is 1.63 bits per heavy atom. The van der Waals surface area contributed by atoms with Crippen molar-refractivity contribution in [2.24, 2.45) is 5.92 Å². The molecule has 2 aromatic rings. The third-order valence-electron chi connectivity index (χ3n) is 4.57. The van der Waals surface area contributed by atoms with Crippen molar-refractivity contribution in [2.45, 2.75) is 43.4 Å². The predicted octanol–water partition coefficient (Wildman–Crippen LogP) is 4.45. The van der Waals surface area contributed by atoms with E-state index in [0.29, 0.717) is 5.56 Å². The molecule has 0 aromatic heterocycles. The van der Waals surface area contributed by atoms with Crippen molar-refractivity contribution in [3.63, 3.8) is 0 Å². The first kappa shape index (κ1) is 23.9. The van der Waals surface area contributed by atoms with Crippen molar-refractivity contribution >= 4 is 15.8 Å². The molecule has 164 valence electrons. The number of halogens is 3. The summed E-state index contributed by atoms with van der Waals surface area (Å²) in [6, 6.07) is 7.74. The van der Waals surface area contributed by atoms with Crippen LogP contribution in [0, 0.1) is 5.92 Å². The summed E-state index contributed by atoms with van der Waals surface area (Å²) in [6.45, 7) is 3.47. The maximum atomic E-state index is 13.9. The van der Waals surface area contributed by atoms with Gasteiger partial charge < -0.3 is 5.11 Å². The van der Waals surface area contributed by atoms with Crippen LogP contribution in [-0.2, 0) is 14.6 Å². The highest BCUT2D eigenvalue weighted by Crippen LogP contribution is 2.38. The van der Waals surface area contributed by atoms with Gasteiger partial charge >= 0.3 is 12.1 Å². The van der Waals surface area contributed by atoms with Gasteiger partial charge in [0.1, 0.15) is 12.1 Å². The van der Waals surface area contributed by atoms with Crippen molar-refractivity contribution in [1.82, 2.24) is 5.32 Å². The Balaban J connectivity index is 2.52. The van der Waals surface area contributed by atoms with Gasteiger partial charge in [-0.25, -0.2) is 8.42 Å². The van der Waals surface area contributed by atoms with E-state index < -0.39 is 34.1 Å². The topological polar surface area (TPSA) is 83.5 Å². The third-order valence-corrected chi connectivity index (χ3v) is 5.69. The van der Waals surface area contributed by atoms with Crippen LogP contribution in [0.5, 0.6) is 0 Å². The number of sulfone groups is 1. The molecule has 9 heteroatoms. The number of benzene rings is 2. The maximum Gasteiger partial charge on any atom is 0.407 e. The molecule has 0 saturated carbocycles. The second-order valence-electron chi connectivity index (χ2n) is 7.55. The predicted molar refractivity (Wildman–Crippen MR) is 108 cm³/mol. The third kappa shape index (κ3) is 6.06. The van der Waals surface area contributed by atoms with E-state index >= 15 is 0 Å². The average molecular weight is 443 g/mol. The summed E-state index contributed by atoms with van der Waals surface area (Å²) >= 11 is 0. The van der Waals surface area contributed by atoms with E-state index in [1.807, 2.05) is 0 Å². The van der Waals surface area contributed by atoms with Crippen LogP contribution in [0.1, 0.15) is 31.9 Å². The number of carboxylic acid groups (broad SMARTS) is 1.